The third-order valence-corrected chi connectivity index (χ3v) is 6.79. The van der Waals surface area contributed by atoms with Gasteiger partial charge >= 0.3 is 0 Å². The standard InChI is InChI=1S/C23H25ClN2OS/c24-21-12-5-4-8-18(21)16-25-14-6-11-20(25)17-26(19-9-2-1-3-10-19)23(27)22-13-7-15-28-22/h4-8,11-15,19H,1-3,9-10,16-17H2. The molecule has 0 saturated heterocycles. The van der Waals surface area contributed by atoms with Crippen LogP contribution < -0.4 is 0 Å². The van der Waals surface area contributed by atoms with Gasteiger partial charge in [-0.15, -0.1) is 11.3 Å². The first-order valence-electron chi connectivity index (χ1n) is 9.94. The summed E-state index contributed by atoms with van der Waals surface area (Å²) < 4.78 is 2.21. The lowest BCUT2D eigenvalue weighted by Crippen LogP contribution is -2.41. The molecular formula is C23H25ClN2OS. The van der Waals surface area contributed by atoms with Gasteiger partial charge in [-0.2, -0.15) is 0 Å². The minimum Gasteiger partial charge on any atom is -0.345 e. The monoisotopic (exact) mass is 412 g/mol. The second-order valence-corrected chi connectivity index (χ2v) is 8.78. The number of thiophene rings is 1. The van der Waals surface area contributed by atoms with Crippen LogP contribution in [-0.4, -0.2) is 21.4 Å². The van der Waals surface area contributed by atoms with Crippen molar-refractivity contribution in [3.8, 4) is 0 Å². The average molecular weight is 413 g/mol. The quantitative estimate of drug-likeness (QED) is 0.471. The van der Waals surface area contributed by atoms with Gasteiger partial charge in [-0.3, -0.25) is 4.79 Å². The summed E-state index contributed by atoms with van der Waals surface area (Å²) in [6, 6.07) is 16.3. The first-order chi connectivity index (χ1) is 13.7. The Morgan fingerprint density at radius 1 is 1.07 bits per heavy atom. The summed E-state index contributed by atoms with van der Waals surface area (Å²) in [7, 11) is 0. The molecule has 3 nitrogen and oxygen atoms in total. The van der Waals surface area contributed by atoms with Crippen LogP contribution in [0.15, 0.2) is 60.1 Å². The Balaban J connectivity index is 1.58. The Morgan fingerprint density at radius 2 is 1.89 bits per heavy atom. The number of carbonyl (C=O) groups is 1. The summed E-state index contributed by atoms with van der Waals surface area (Å²) in [5.74, 6) is 0.160. The maximum atomic E-state index is 13.3. The maximum Gasteiger partial charge on any atom is 0.264 e. The lowest BCUT2D eigenvalue weighted by Gasteiger charge is -2.34. The van der Waals surface area contributed by atoms with Crippen LogP contribution in [0, 0.1) is 0 Å². The zero-order chi connectivity index (χ0) is 19.3. The molecule has 3 aromatic rings. The highest BCUT2D eigenvalue weighted by molar-refractivity contribution is 7.12. The van der Waals surface area contributed by atoms with Gasteiger partial charge in [0.1, 0.15) is 0 Å². The van der Waals surface area contributed by atoms with E-state index in [-0.39, 0.29) is 5.91 Å². The number of halogens is 1. The topological polar surface area (TPSA) is 25.2 Å². The number of benzene rings is 1. The number of hydrogen-bond donors (Lipinski definition) is 0. The number of hydrogen-bond acceptors (Lipinski definition) is 2. The van der Waals surface area contributed by atoms with E-state index in [1.807, 2.05) is 35.7 Å². The van der Waals surface area contributed by atoms with Gasteiger partial charge in [0.25, 0.3) is 5.91 Å². The van der Waals surface area contributed by atoms with Crippen molar-refractivity contribution < 1.29 is 4.79 Å². The fourth-order valence-electron chi connectivity index (χ4n) is 4.03. The van der Waals surface area contributed by atoms with Crippen LogP contribution in [0.3, 0.4) is 0 Å². The zero-order valence-corrected chi connectivity index (χ0v) is 17.5. The van der Waals surface area contributed by atoms with Crippen molar-refractivity contribution in [2.45, 2.75) is 51.2 Å². The van der Waals surface area contributed by atoms with Gasteiger partial charge in [0, 0.05) is 29.5 Å². The van der Waals surface area contributed by atoms with Crippen molar-refractivity contribution in [2.75, 3.05) is 0 Å². The fraction of sp³-hybridized carbons (Fsp3) is 0.348. The smallest absolute Gasteiger partial charge is 0.264 e. The predicted octanol–water partition coefficient (Wildman–Crippen LogP) is 6.23. The first kappa shape index (κ1) is 19.3. The summed E-state index contributed by atoms with van der Waals surface area (Å²) >= 11 is 7.89. The second-order valence-electron chi connectivity index (χ2n) is 7.42. The third kappa shape index (κ3) is 4.34. The molecule has 0 N–H and O–H groups in total. The Labute approximate surface area is 175 Å². The van der Waals surface area contributed by atoms with Gasteiger partial charge in [-0.05, 0) is 48.1 Å². The molecule has 0 aliphatic heterocycles. The normalized spacial score (nSPS) is 14.9. The molecule has 4 rings (SSSR count). The predicted molar refractivity (Wildman–Crippen MR) is 116 cm³/mol. The number of rotatable bonds is 6. The van der Waals surface area contributed by atoms with Crippen molar-refractivity contribution in [2.24, 2.45) is 0 Å². The summed E-state index contributed by atoms with van der Waals surface area (Å²) in [6.45, 7) is 1.35. The van der Waals surface area contributed by atoms with Crippen molar-refractivity contribution in [1.82, 2.24) is 9.47 Å². The molecule has 1 aliphatic rings. The van der Waals surface area contributed by atoms with E-state index >= 15 is 0 Å². The Hall–Kier alpha value is -2.04. The minimum absolute atomic E-state index is 0.160. The fourth-order valence-corrected chi connectivity index (χ4v) is 4.91. The molecule has 0 unspecified atom stereocenters. The van der Waals surface area contributed by atoms with E-state index in [0.29, 0.717) is 19.1 Å². The van der Waals surface area contributed by atoms with Gasteiger partial charge in [0.05, 0.1) is 11.4 Å². The van der Waals surface area contributed by atoms with E-state index in [0.717, 1.165) is 34.0 Å². The lowest BCUT2D eigenvalue weighted by atomic mass is 9.94. The largest absolute Gasteiger partial charge is 0.345 e. The highest BCUT2D eigenvalue weighted by Gasteiger charge is 2.27. The molecule has 0 radical (unpaired) electrons. The van der Waals surface area contributed by atoms with Crippen LogP contribution in [0.25, 0.3) is 0 Å². The van der Waals surface area contributed by atoms with E-state index < -0.39 is 0 Å². The molecule has 0 atom stereocenters. The number of nitrogens with zero attached hydrogens (tertiary/aromatic N) is 2. The summed E-state index contributed by atoms with van der Waals surface area (Å²) in [5, 5.41) is 2.76. The van der Waals surface area contributed by atoms with Crippen LogP contribution in [0.4, 0.5) is 0 Å². The molecule has 2 heterocycles. The van der Waals surface area contributed by atoms with Crippen molar-refractivity contribution in [1.29, 1.82) is 0 Å². The van der Waals surface area contributed by atoms with E-state index in [1.54, 1.807) is 0 Å². The molecule has 1 saturated carbocycles. The average Bonchev–Trinajstić information content (AvgIpc) is 3.40. The molecule has 0 bridgehead atoms. The Morgan fingerprint density at radius 3 is 2.64 bits per heavy atom. The van der Waals surface area contributed by atoms with Crippen LogP contribution >= 0.6 is 22.9 Å². The second kappa shape index (κ2) is 8.97. The summed E-state index contributed by atoms with van der Waals surface area (Å²) in [6.07, 6.45) is 7.97. The molecular weight excluding hydrogens is 388 g/mol. The molecule has 1 fully saturated rings. The Kier molecular flexibility index (Phi) is 6.18. The maximum absolute atomic E-state index is 13.3. The van der Waals surface area contributed by atoms with Crippen LogP contribution in [0.1, 0.15) is 53.0 Å². The number of amides is 1. The molecule has 2 aromatic heterocycles. The first-order valence-corrected chi connectivity index (χ1v) is 11.2. The number of carbonyl (C=O) groups excluding carboxylic acids is 1. The third-order valence-electron chi connectivity index (χ3n) is 5.56. The van der Waals surface area contributed by atoms with E-state index in [4.69, 9.17) is 11.6 Å². The van der Waals surface area contributed by atoms with Gasteiger partial charge in [-0.25, -0.2) is 0 Å². The molecule has 146 valence electrons. The lowest BCUT2D eigenvalue weighted by molar-refractivity contribution is 0.0614. The van der Waals surface area contributed by atoms with Gasteiger partial charge in [-0.1, -0.05) is 55.1 Å². The summed E-state index contributed by atoms with van der Waals surface area (Å²) in [5.41, 5.74) is 2.24. The van der Waals surface area contributed by atoms with E-state index in [9.17, 15) is 4.79 Å². The van der Waals surface area contributed by atoms with Crippen molar-refractivity contribution >= 4 is 28.8 Å². The SMILES string of the molecule is O=C(c1cccs1)N(Cc1cccn1Cc1ccccc1Cl)C1CCCCC1. The molecule has 28 heavy (non-hydrogen) atoms. The van der Waals surface area contributed by atoms with Crippen LogP contribution in [-0.2, 0) is 13.1 Å². The van der Waals surface area contributed by atoms with E-state index in [2.05, 4.69) is 33.9 Å². The number of aromatic nitrogens is 1. The van der Waals surface area contributed by atoms with E-state index in [1.165, 1.54) is 30.6 Å². The molecule has 0 spiro atoms. The Bertz CT molecular complexity index is 912. The van der Waals surface area contributed by atoms with Gasteiger partial charge in [0.2, 0.25) is 0 Å². The molecule has 1 aliphatic carbocycles. The van der Waals surface area contributed by atoms with Crippen molar-refractivity contribution in [3.05, 3.63) is 81.3 Å². The summed E-state index contributed by atoms with van der Waals surface area (Å²) in [4.78, 5) is 16.2. The molecule has 5 heteroatoms. The molecule has 1 aromatic carbocycles. The van der Waals surface area contributed by atoms with Gasteiger partial charge < -0.3 is 9.47 Å². The molecule has 1 amide bonds. The van der Waals surface area contributed by atoms with Crippen molar-refractivity contribution in [3.63, 3.8) is 0 Å². The zero-order valence-electron chi connectivity index (χ0n) is 15.9. The highest BCUT2D eigenvalue weighted by atomic mass is 35.5. The minimum atomic E-state index is 0.160. The van der Waals surface area contributed by atoms with Crippen LogP contribution in [0.5, 0.6) is 0 Å². The van der Waals surface area contributed by atoms with Gasteiger partial charge in [0.15, 0.2) is 0 Å². The highest BCUT2D eigenvalue weighted by Crippen LogP contribution is 2.27. The van der Waals surface area contributed by atoms with Crippen LogP contribution in [0.2, 0.25) is 5.02 Å².